The summed E-state index contributed by atoms with van der Waals surface area (Å²) in [4.78, 5) is 0. The van der Waals surface area contributed by atoms with Gasteiger partial charge in [0.15, 0.2) is 0 Å². The van der Waals surface area contributed by atoms with Crippen LogP contribution in [0.25, 0.3) is 0 Å². The van der Waals surface area contributed by atoms with E-state index in [9.17, 15) is 0 Å². The highest BCUT2D eigenvalue weighted by Crippen LogP contribution is 2.06. The lowest BCUT2D eigenvalue weighted by molar-refractivity contribution is 0.0875. The zero-order valence-electron chi connectivity index (χ0n) is 9.33. The first-order valence-electron chi connectivity index (χ1n) is 4.95. The van der Waals surface area contributed by atoms with Crippen molar-refractivity contribution < 1.29 is 9.15 Å². The normalized spacial score (nSPS) is 15.4. The molecule has 0 aliphatic rings. The van der Waals surface area contributed by atoms with E-state index in [0.29, 0.717) is 6.04 Å². The van der Waals surface area contributed by atoms with Crippen LogP contribution in [0.5, 0.6) is 0 Å². The van der Waals surface area contributed by atoms with Crippen molar-refractivity contribution in [3.8, 4) is 0 Å². The van der Waals surface area contributed by atoms with E-state index in [1.165, 1.54) is 0 Å². The summed E-state index contributed by atoms with van der Waals surface area (Å²) < 4.78 is 10.7. The number of methoxy groups -OCH3 is 1. The van der Waals surface area contributed by atoms with Crippen molar-refractivity contribution in [2.75, 3.05) is 7.11 Å². The van der Waals surface area contributed by atoms with Crippen molar-refractivity contribution in [3.05, 3.63) is 23.7 Å². The van der Waals surface area contributed by atoms with Gasteiger partial charge in [-0.25, -0.2) is 0 Å². The minimum absolute atomic E-state index is 0.214. The van der Waals surface area contributed by atoms with E-state index < -0.39 is 0 Å². The Balaban J connectivity index is 2.33. The van der Waals surface area contributed by atoms with Crippen LogP contribution in [-0.4, -0.2) is 19.3 Å². The fraction of sp³-hybridized carbons (Fsp3) is 0.636. The Kier molecular flexibility index (Phi) is 4.17. The predicted octanol–water partition coefficient (Wildman–Crippen LogP) is 2.10. The molecule has 0 amide bonds. The van der Waals surface area contributed by atoms with Crippen molar-refractivity contribution in [2.45, 2.75) is 39.5 Å². The molecular formula is C11H19NO2. The molecular weight excluding hydrogens is 178 g/mol. The molecule has 0 aliphatic carbocycles. The summed E-state index contributed by atoms with van der Waals surface area (Å²) in [5.74, 6) is 1.92. The topological polar surface area (TPSA) is 34.4 Å². The molecule has 1 heterocycles. The summed E-state index contributed by atoms with van der Waals surface area (Å²) in [6, 6.07) is 4.29. The SMILES string of the molecule is COC(C)C(C)NCc1ccc(C)o1. The number of ether oxygens (including phenoxy) is 1. The van der Waals surface area contributed by atoms with Gasteiger partial charge in [0.1, 0.15) is 11.5 Å². The quantitative estimate of drug-likeness (QED) is 0.785. The summed E-state index contributed by atoms with van der Waals surface area (Å²) in [7, 11) is 1.72. The van der Waals surface area contributed by atoms with Gasteiger partial charge in [0.2, 0.25) is 0 Å². The van der Waals surface area contributed by atoms with Gasteiger partial charge in [-0.1, -0.05) is 0 Å². The van der Waals surface area contributed by atoms with Gasteiger partial charge < -0.3 is 14.5 Å². The van der Waals surface area contributed by atoms with Crippen LogP contribution in [0.4, 0.5) is 0 Å². The van der Waals surface area contributed by atoms with Crippen molar-refractivity contribution in [3.63, 3.8) is 0 Å². The second-order valence-electron chi connectivity index (χ2n) is 3.62. The van der Waals surface area contributed by atoms with Gasteiger partial charge in [-0.2, -0.15) is 0 Å². The van der Waals surface area contributed by atoms with Gasteiger partial charge in [0, 0.05) is 13.2 Å². The van der Waals surface area contributed by atoms with Crippen LogP contribution < -0.4 is 5.32 Å². The van der Waals surface area contributed by atoms with Crippen LogP contribution in [0.1, 0.15) is 25.4 Å². The number of nitrogens with one attached hydrogen (secondary N) is 1. The van der Waals surface area contributed by atoms with E-state index in [1.807, 2.05) is 26.0 Å². The molecule has 0 radical (unpaired) electrons. The first kappa shape index (κ1) is 11.3. The average molecular weight is 197 g/mol. The maximum absolute atomic E-state index is 5.44. The third-order valence-electron chi connectivity index (χ3n) is 2.47. The molecule has 3 heteroatoms. The number of aryl methyl sites for hydroxylation is 1. The number of hydrogen-bond acceptors (Lipinski definition) is 3. The van der Waals surface area contributed by atoms with E-state index >= 15 is 0 Å². The largest absolute Gasteiger partial charge is 0.465 e. The summed E-state index contributed by atoms with van der Waals surface area (Å²) in [6.07, 6.45) is 0.214. The lowest BCUT2D eigenvalue weighted by atomic mass is 10.2. The standard InChI is InChI=1S/C11H19NO2/c1-8-5-6-11(14-8)7-12-9(2)10(3)13-4/h5-6,9-10,12H,7H2,1-4H3. The fourth-order valence-electron chi connectivity index (χ4n) is 1.21. The molecule has 14 heavy (non-hydrogen) atoms. The molecule has 0 fully saturated rings. The highest BCUT2D eigenvalue weighted by molar-refractivity contribution is 5.05. The summed E-state index contributed by atoms with van der Waals surface area (Å²) in [5.41, 5.74) is 0. The number of hydrogen-bond donors (Lipinski definition) is 1. The molecule has 1 aromatic heterocycles. The van der Waals surface area contributed by atoms with Crippen LogP contribution >= 0.6 is 0 Å². The van der Waals surface area contributed by atoms with Crippen molar-refractivity contribution in [1.29, 1.82) is 0 Å². The predicted molar refractivity (Wildman–Crippen MR) is 56.2 cm³/mol. The van der Waals surface area contributed by atoms with Gasteiger partial charge in [-0.15, -0.1) is 0 Å². The van der Waals surface area contributed by atoms with Gasteiger partial charge >= 0.3 is 0 Å². The maximum atomic E-state index is 5.44. The lowest BCUT2D eigenvalue weighted by Crippen LogP contribution is -2.36. The first-order chi connectivity index (χ1) is 6.63. The first-order valence-corrected chi connectivity index (χ1v) is 4.95. The molecule has 0 aliphatic heterocycles. The molecule has 0 saturated heterocycles. The molecule has 80 valence electrons. The second kappa shape index (κ2) is 5.17. The van der Waals surface area contributed by atoms with Gasteiger partial charge in [0.25, 0.3) is 0 Å². The van der Waals surface area contributed by atoms with Crippen LogP contribution in [-0.2, 0) is 11.3 Å². The molecule has 2 unspecified atom stereocenters. The van der Waals surface area contributed by atoms with Crippen LogP contribution in [0.15, 0.2) is 16.5 Å². The van der Waals surface area contributed by atoms with Crippen molar-refractivity contribution in [1.82, 2.24) is 5.32 Å². The van der Waals surface area contributed by atoms with E-state index in [1.54, 1.807) is 7.11 Å². The molecule has 1 aromatic rings. The third kappa shape index (κ3) is 3.16. The molecule has 0 saturated carbocycles. The van der Waals surface area contributed by atoms with Gasteiger partial charge in [-0.05, 0) is 32.9 Å². The zero-order valence-corrected chi connectivity index (χ0v) is 9.33. The van der Waals surface area contributed by atoms with E-state index in [0.717, 1.165) is 18.1 Å². The Morgan fingerprint density at radius 3 is 2.64 bits per heavy atom. The highest BCUT2D eigenvalue weighted by Gasteiger charge is 2.10. The van der Waals surface area contributed by atoms with E-state index in [2.05, 4.69) is 12.2 Å². The van der Waals surface area contributed by atoms with Gasteiger partial charge in [-0.3, -0.25) is 0 Å². The van der Waals surface area contributed by atoms with E-state index in [-0.39, 0.29) is 6.10 Å². The van der Waals surface area contributed by atoms with Crippen molar-refractivity contribution in [2.24, 2.45) is 0 Å². The molecule has 2 atom stereocenters. The number of furan rings is 1. The fourth-order valence-corrected chi connectivity index (χ4v) is 1.21. The van der Waals surface area contributed by atoms with Crippen LogP contribution in [0, 0.1) is 6.92 Å². The zero-order chi connectivity index (χ0) is 10.6. The minimum atomic E-state index is 0.214. The Morgan fingerprint density at radius 2 is 2.14 bits per heavy atom. The third-order valence-corrected chi connectivity index (χ3v) is 2.47. The average Bonchev–Trinajstić information content (AvgIpc) is 2.59. The minimum Gasteiger partial charge on any atom is -0.465 e. The smallest absolute Gasteiger partial charge is 0.117 e. The number of rotatable bonds is 5. The molecule has 0 bridgehead atoms. The van der Waals surface area contributed by atoms with Crippen LogP contribution in [0.2, 0.25) is 0 Å². The molecule has 3 nitrogen and oxygen atoms in total. The molecule has 1 rings (SSSR count). The van der Waals surface area contributed by atoms with Gasteiger partial charge in [0.05, 0.1) is 12.6 Å². The van der Waals surface area contributed by atoms with E-state index in [4.69, 9.17) is 9.15 Å². The lowest BCUT2D eigenvalue weighted by Gasteiger charge is -2.19. The monoisotopic (exact) mass is 197 g/mol. The summed E-state index contributed by atoms with van der Waals surface area (Å²) in [6.45, 7) is 6.85. The molecule has 0 spiro atoms. The second-order valence-corrected chi connectivity index (χ2v) is 3.62. The Morgan fingerprint density at radius 1 is 1.43 bits per heavy atom. The highest BCUT2D eigenvalue weighted by atomic mass is 16.5. The Hall–Kier alpha value is -0.800. The molecule has 0 aromatic carbocycles. The Bertz CT molecular complexity index is 270. The maximum Gasteiger partial charge on any atom is 0.117 e. The molecule has 1 N–H and O–H groups in total. The van der Waals surface area contributed by atoms with Crippen LogP contribution in [0.3, 0.4) is 0 Å². The summed E-state index contributed by atoms with van der Waals surface area (Å²) in [5, 5.41) is 3.34. The van der Waals surface area contributed by atoms with Crippen molar-refractivity contribution >= 4 is 0 Å². The Labute approximate surface area is 85.4 Å². The summed E-state index contributed by atoms with van der Waals surface area (Å²) >= 11 is 0.